The van der Waals surface area contributed by atoms with E-state index < -0.39 is 5.97 Å². The number of rotatable bonds is 3. The van der Waals surface area contributed by atoms with Gasteiger partial charge in [0.15, 0.2) is 0 Å². The van der Waals surface area contributed by atoms with Crippen LogP contribution in [0.1, 0.15) is 0 Å². The van der Waals surface area contributed by atoms with Crippen molar-refractivity contribution in [3.63, 3.8) is 0 Å². The molecule has 1 aromatic carbocycles. The van der Waals surface area contributed by atoms with Crippen LogP contribution >= 0.6 is 11.6 Å². The van der Waals surface area contributed by atoms with Gasteiger partial charge in [-0.2, -0.15) is 0 Å². The van der Waals surface area contributed by atoms with E-state index in [-0.39, 0.29) is 6.54 Å². The maximum atomic E-state index is 10.5. The molecule has 0 saturated heterocycles. The van der Waals surface area contributed by atoms with E-state index in [1.165, 1.54) is 4.90 Å². The Morgan fingerprint density at radius 3 is 2.86 bits per heavy atom. The van der Waals surface area contributed by atoms with E-state index in [9.17, 15) is 4.79 Å². The van der Waals surface area contributed by atoms with E-state index in [1.807, 2.05) is 0 Å². The van der Waals surface area contributed by atoms with Crippen LogP contribution in [0.25, 0.3) is 0 Å². The van der Waals surface area contributed by atoms with E-state index in [0.717, 1.165) is 0 Å². The Kier molecular flexibility index (Phi) is 3.19. The molecule has 0 atom stereocenters. The number of nitrogens with two attached hydrogens (primary N) is 1. The number of carbonyl (C=O) groups is 1. The Morgan fingerprint density at radius 1 is 1.64 bits per heavy atom. The van der Waals surface area contributed by atoms with E-state index in [1.54, 1.807) is 25.2 Å². The number of nitrogen functional groups attached to an aromatic ring is 1. The van der Waals surface area contributed by atoms with E-state index in [4.69, 9.17) is 22.4 Å². The zero-order valence-corrected chi connectivity index (χ0v) is 8.45. The van der Waals surface area contributed by atoms with Gasteiger partial charge in [-0.05, 0) is 12.1 Å². The second-order valence-electron chi connectivity index (χ2n) is 2.92. The highest BCUT2D eigenvalue weighted by Crippen LogP contribution is 2.28. The predicted molar refractivity (Wildman–Crippen MR) is 56.8 cm³/mol. The van der Waals surface area contributed by atoms with Crippen molar-refractivity contribution in [3.8, 4) is 0 Å². The maximum absolute atomic E-state index is 10.5. The van der Waals surface area contributed by atoms with Gasteiger partial charge in [0, 0.05) is 7.05 Å². The van der Waals surface area contributed by atoms with Gasteiger partial charge in [0.2, 0.25) is 0 Å². The Bertz CT molecular complexity index is 355. The minimum atomic E-state index is -0.910. The lowest BCUT2D eigenvalue weighted by Crippen LogP contribution is -2.25. The van der Waals surface area contributed by atoms with Crippen molar-refractivity contribution < 1.29 is 9.90 Å². The molecular weight excluding hydrogens is 204 g/mol. The van der Waals surface area contributed by atoms with Crippen molar-refractivity contribution in [1.82, 2.24) is 0 Å². The number of nitrogens with zero attached hydrogens (tertiary/aromatic N) is 1. The molecular formula is C9H11ClN2O2. The summed E-state index contributed by atoms with van der Waals surface area (Å²) in [6, 6.07) is 5.12. The number of carboxylic acid groups (broad SMARTS) is 1. The van der Waals surface area contributed by atoms with Gasteiger partial charge in [-0.15, -0.1) is 0 Å². The average molecular weight is 215 g/mol. The summed E-state index contributed by atoms with van der Waals surface area (Å²) in [5, 5.41) is 9.02. The molecule has 0 aliphatic rings. The standard InChI is InChI=1S/C9H11ClN2O2/c1-12(5-8(13)14)7-4-2-3-6(10)9(7)11/h2-4H,5,11H2,1H3,(H,13,14). The topological polar surface area (TPSA) is 66.6 Å². The van der Waals surface area contributed by atoms with Crippen molar-refractivity contribution in [3.05, 3.63) is 23.2 Å². The van der Waals surface area contributed by atoms with Gasteiger partial charge in [0.05, 0.1) is 16.4 Å². The molecule has 0 bridgehead atoms. The van der Waals surface area contributed by atoms with Gasteiger partial charge in [-0.1, -0.05) is 17.7 Å². The van der Waals surface area contributed by atoms with Crippen molar-refractivity contribution in [2.45, 2.75) is 0 Å². The summed E-state index contributed by atoms with van der Waals surface area (Å²) in [4.78, 5) is 12.0. The molecule has 0 fully saturated rings. The molecule has 0 aromatic heterocycles. The molecule has 14 heavy (non-hydrogen) atoms. The zero-order chi connectivity index (χ0) is 10.7. The highest BCUT2D eigenvalue weighted by molar-refractivity contribution is 6.33. The van der Waals surface area contributed by atoms with Crippen molar-refractivity contribution >= 4 is 28.9 Å². The van der Waals surface area contributed by atoms with Crippen LogP contribution in [0.3, 0.4) is 0 Å². The molecule has 0 aliphatic heterocycles. The fourth-order valence-electron chi connectivity index (χ4n) is 1.15. The Balaban J connectivity index is 2.95. The number of carboxylic acids is 1. The predicted octanol–water partition coefficient (Wildman–Crippen LogP) is 1.44. The van der Waals surface area contributed by atoms with E-state index in [2.05, 4.69) is 0 Å². The van der Waals surface area contributed by atoms with Crippen LogP contribution < -0.4 is 10.6 Å². The van der Waals surface area contributed by atoms with Crippen LogP contribution in [0.2, 0.25) is 5.02 Å². The number of hydrogen-bond acceptors (Lipinski definition) is 3. The second kappa shape index (κ2) is 4.19. The van der Waals surface area contributed by atoms with Gasteiger partial charge in [-0.25, -0.2) is 0 Å². The summed E-state index contributed by atoms with van der Waals surface area (Å²) in [7, 11) is 1.65. The molecule has 0 spiro atoms. The normalized spacial score (nSPS) is 9.86. The molecule has 4 nitrogen and oxygen atoms in total. The number of halogens is 1. The lowest BCUT2D eigenvalue weighted by Gasteiger charge is -2.19. The highest BCUT2D eigenvalue weighted by Gasteiger charge is 2.10. The van der Waals surface area contributed by atoms with Gasteiger partial charge in [0.1, 0.15) is 6.54 Å². The molecule has 0 saturated carbocycles. The quantitative estimate of drug-likeness (QED) is 0.748. The van der Waals surface area contributed by atoms with Gasteiger partial charge >= 0.3 is 5.97 Å². The molecule has 0 radical (unpaired) electrons. The summed E-state index contributed by atoms with van der Waals surface area (Å²) in [6.45, 7) is -0.107. The van der Waals surface area contributed by atoms with E-state index in [0.29, 0.717) is 16.4 Å². The van der Waals surface area contributed by atoms with Crippen LogP contribution in [0, 0.1) is 0 Å². The number of likely N-dealkylation sites (N-methyl/N-ethyl adjacent to an activating group) is 1. The minimum absolute atomic E-state index is 0.107. The number of aliphatic carboxylic acids is 1. The van der Waals surface area contributed by atoms with Crippen LogP contribution in [0.15, 0.2) is 18.2 Å². The first-order valence-electron chi connectivity index (χ1n) is 3.99. The Hall–Kier alpha value is -1.42. The maximum Gasteiger partial charge on any atom is 0.323 e. The molecule has 0 heterocycles. The largest absolute Gasteiger partial charge is 0.480 e. The first-order valence-corrected chi connectivity index (χ1v) is 4.37. The summed E-state index contributed by atoms with van der Waals surface area (Å²) in [6.07, 6.45) is 0. The van der Waals surface area contributed by atoms with Crippen LogP contribution in [-0.4, -0.2) is 24.7 Å². The Labute approximate surface area is 86.9 Å². The van der Waals surface area contributed by atoms with Crippen molar-refractivity contribution in [2.24, 2.45) is 0 Å². The highest BCUT2D eigenvalue weighted by atomic mass is 35.5. The molecule has 0 amide bonds. The summed E-state index contributed by atoms with van der Waals surface area (Å²) in [5.74, 6) is -0.910. The monoisotopic (exact) mass is 214 g/mol. The number of para-hydroxylation sites is 1. The summed E-state index contributed by atoms with van der Waals surface area (Å²) in [5.41, 5.74) is 6.72. The number of anilines is 2. The molecule has 0 unspecified atom stereocenters. The van der Waals surface area contributed by atoms with Crippen LogP contribution in [0.5, 0.6) is 0 Å². The minimum Gasteiger partial charge on any atom is -0.480 e. The first-order chi connectivity index (χ1) is 6.52. The van der Waals surface area contributed by atoms with Gasteiger partial charge < -0.3 is 15.7 Å². The fourth-order valence-corrected chi connectivity index (χ4v) is 1.32. The molecule has 1 rings (SSSR count). The van der Waals surface area contributed by atoms with Crippen molar-refractivity contribution in [1.29, 1.82) is 0 Å². The lowest BCUT2D eigenvalue weighted by molar-refractivity contribution is -0.135. The van der Waals surface area contributed by atoms with Crippen LogP contribution in [-0.2, 0) is 4.79 Å². The molecule has 1 aromatic rings. The van der Waals surface area contributed by atoms with Crippen molar-refractivity contribution in [2.75, 3.05) is 24.2 Å². The third-order valence-electron chi connectivity index (χ3n) is 1.81. The number of hydrogen-bond donors (Lipinski definition) is 2. The van der Waals surface area contributed by atoms with Crippen LogP contribution in [0.4, 0.5) is 11.4 Å². The Morgan fingerprint density at radius 2 is 2.29 bits per heavy atom. The third kappa shape index (κ3) is 2.29. The average Bonchev–Trinajstić information content (AvgIpc) is 2.08. The van der Waals surface area contributed by atoms with Gasteiger partial charge in [-0.3, -0.25) is 4.79 Å². The fraction of sp³-hybridized carbons (Fsp3) is 0.222. The third-order valence-corrected chi connectivity index (χ3v) is 2.14. The zero-order valence-electron chi connectivity index (χ0n) is 7.70. The molecule has 5 heteroatoms. The molecule has 76 valence electrons. The summed E-state index contributed by atoms with van der Waals surface area (Å²) >= 11 is 5.80. The first kappa shape index (κ1) is 10.7. The molecule has 3 N–H and O–H groups in total. The second-order valence-corrected chi connectivity index (χ2v) is 3.33. The summed E-state index contributed by atoms with van der Waals surface area (Å²) < 4.78 is 0. The SMILES string of the molecule is CN(CC(=O)O)c1cccc(Cl)c1N. The van der Waals surface area contributed by atoms with Gasteiger partial charge in [0.25, 0.3) is 0 Å². The van der Waals surface area contributed by atoms with E-state index >= 15 is 0 Å². The smallest absolute Gasteiger partial charge is 0.323 e. The number of benzene rings is 1. The molecule has 0 aliphatic carbocycles. The lowest BCUT2D eigenvalue weighted by atomic mass is 10.2.